The molecule has 0 unspecified atom stereocenters. The van der Waals surface area contributed by atoms with Gasteiger partial charge in [-0.05, 0) is 31.2 Å². The lowest BCUT2D eigenvalue weighted by Gasteiger charge is -2.17. The Hall–Kier alpha value is -2.08. The van der Waals surface area contributed by atoms with Gasteiger partial charge in [0.1, 0.15) is 11.6 Å². The largest absolute Gasteiger partial charge is 0.496 e. The van der Waals surface area contributed by atoms with Crippen LogP contribution < -0.4 is 10.1 Å². The summed E-state index contributed by atoms with van der Waals surface area (Å²) < 4.78 is 7.44. The zero-order valence-electron chi connectivity index (χ0n) is 14.4. The molecule has 3 rings (SSSR count). The highest BCUT2D eigenvalue weighted by molar-refractivity contribution is 6.31. The fourth-order valence-electron chi connectivity index (χ4n) is 3.01. The first-order chi connectivity index (χ1) is 12.1. The summed E-state index contributed by atoms with van der Waals surface area (Å²) in [5.41, 5.74) is 2.90. The summed E-state index contributed by atoms with van der Waals surface area (Å²) in [6.07, 6.45) is 0. The lowest BCUT2D eigenvalue weighted by atomic mass is 10.1. The monoisotopic (exact) mass is 359 g/mol. The molecular weight excluding hydrogens is 338 g/mol. The molecule has 0 saturated heterocycles. The van der Waals surface area contributed by atoms with Crippen molar-refractivity contribution in [2.24, 2.45) is 0 Å². The van der Waals surface area contributed by atoms with Gasteiger partial charge in [0.25, 0.3) is 0 Å². The van der Waals surface area contributed by atoms with E-state index >= 15 is 0 Å². The third-order valence-electron chi connectivity index (χ3n) is 4.28. The van der Waals surface area contributed by atoms with E-state index in [4.69, 9.17) is 16.3 Å². The highest BCUT2D eigenvalue weighted by Gasteiger charge is 2.14. The van der Waals surface area contributed by atoms with Crippen molar-refractivity contribution in [2.75, 3.05) is 13.7 Å². The van der Waals surface area contributed by atoms with Crippen molar-refractivity contribution < 1.29 is 9.84 Å². The molecule has 0 radical (unpaired) electrons. The van der Waals surface area contributed by atoms with E-state index in [-0.39, 0.29) is 12.6 Å². The standard InChI is InChI=1S/C19H22ClN3O2/c1-13(15-5-3-4-6-18(15)25-2)21-12-19-22-16-8-7-14(20)11-17(16)23(19)9-10-24/h3-8,11,13,21,24H,9-10,12H2,1-2H3/t13-/m0/s1. The van der Waals surface area contributed by atoms with Gasteiger partial charge in [-0.2, -0.15) is 0 Å². The predicted molar refractivity (Wildman–Crippen MR) is 100 cm³/mol. The average Bonchev–Trinajstić information content (AvgIpc) is 2.97. The molecule has 5 nitrogen and oxygen atoms in total. The highest BCUT2D eigenvalue weighted by Crippen LogP contribution is 2.25. The minimum atomic E-state index is 0.0486. The molecule has 25 heavy (non-hydrogen) atoms. The van der Waals surface area contributed by atoms with E-state index in [1.165, 1.54) is 0 Å². The number of benzene rings is 2. The molecule has 2 N–H and O–H groups in total. The molecule has 0 aliphatic carbocycles. The smallest absolute Gasteiger partial charge is 0.123 e. The first-order valence-electron chi connectivity index (χ1n) is 8.26. The van der Waals surface area contributed by atoms with E-state index in [1.807, 2.05) is 47.0 Å². The van der Waals surface area contributed by atoms with E-state index in [0.717, 1.165) is 28.2 Å². The lowest BCUT2D eigenvalue weighted by Crippen LogP contribution is -2.21. The molecule has 6 heteroatoms. The van der Waals surface area contributed by atoms with Crippen LogP contribution in [0.5, 0.6) is 5.75 Å². The van der Waals surface area contributed by atoms with Gasteiger partial charge in [0, 0.05) is 23.2 Å². The first kappa shape index (κ1) is 17.7. The van der Waals surface area contributed by atoms with Gasteiger partial charge in [-0.15, -0.1) is 0 Å². The number of para-hydroxylation sites is 1. The Morgan fingerprint density at radius 3 is 2.84 bits per heavy atom. The quantitative estimate of drug-likeness (QED) is 0.677. The van der Waals surface area contributed by atoms with Crippen LogP contribution in [-0.2, 0) is 13.1 Å². The van der Waals surface area contributed by atoms with E-state index in [0.29, 0.717) is 18.1 Å². The van der Waals surface area contributed by atoms with Crippen LogP contribution in [0.2, 0.25) is 5.02 Å². The maximum atomic E-state index is 9.40. The molecule has 1 heterocycles. The number of nitrogens with zero attached hydrogens (tertiary/aromatic N) is 2. The molecule has 132 valence electrons. The van der Waals surface area contributed by atoms with Crippen molar-refractivity contribution in [3.8, 4) is 5.75 Å². The zero-order valence-corrected chi connectivity index (χ0v) is 15.1. The number of aliphatic hydroxyl groups excluding tert-OH is 1. The van der Waals surface area contributed by atoms with Crippen molar-refractivity contribution >= 4 is 22.6 Å². The second-order valence-electron chi connectivity index (χ2n) is 5.88. The molecule has 3 aromatic rings. The summed E-state index contributed by atoms with van der Waals surface area (Å²) in [5.74, 6) is 1.73. The van der Waals surface area contributed by atoms with Gasteiger partial charge in [-0.25, -0.2) is 4.98 Å². The first-order valence-corrected chi connectivity index (χ1v) is 8.63. The maximum absolute atomic E-state index is 9.40. The lowest BCUT2D eigenvalue weighted by molar-refractivity contribution is 0.275. The summed E-state index contributed by atoms with van der Waals surface area (Å²) in [4.78, 5) is 4.68. The average molecular weight is 360 g/mol. The Labute approximate surface area is 152 Å². The summed E-state index contributed by atoms with van der Waals surface area (Å²) in [6, 6.07) is 13.7. The number of imidazole rings is 1. The molecule has 2 aromatic carbocycles. The topological polar surface area (TPSA) is 59.3 Å². The summed E-state index contributed by atoms with van der Waals surface area (Å²) >= 11 is 6.11. The van der Waals surface area contributed by atoms with Crippen LogP contribution in [0, 0.1) is 0 Å². The van der Waals surface area contributed by atoms with Gasteiger partial charge in [0.15, 0.2) is 0 Å². The number of hydrogen-bond acceptors (Lipinski definition) is 4. The van der Waals surface area contributed by atoms with Crippen LogP contribution in [0.3, 0.4) is 0 Å². The van der Waals surface area contributed by atoms with Crippen LogP contribution in [0.15, 0.2) is 42.5 Å². The number of rotatable bonds is 7. The minimum Gasteiger partial charge on any atom is -0.496 e. The second-order valence-corrected chi connectivity index (χ2v) is 6.32. The Kier molecular flexibility index (Phi) is 5.58. The van der Waals surface area contributed by atoms with Crippen LogP contribution in [-0.4, -0.2) is 28.4 Å². The molecule has 0 saturated carbocycles. The molecule has 0 aliphatic rings. The molecule has 1 atom stereocenters. The Bertz CT molecular complexity index is 863. The molecule has 0 spiro atoms. The van der Waals surface area contributed by atoms with Gasteiger partial charge in [0.05, 0.1) is 31.3 Å². The molecule has 0 aliphatic heterocycles. The number of fused-ring (bicyclic) bond motifs is 1. The number of nitrogens with one attached hydrogen (secondary N) is 1. The maximum Gasteiger partial charge on any atom is 0.123 e. The van der Waals surface area contributed by atoms with E-state index in [1.54, 1.807) is 7.11 Å². The number of halogens is 1. The van der Waals surface area contributed by atoms with Gasteiger partial charge in [0.2, 0.25) is 0 Å². The third kappa shape index (κ3) is 3.79. The minimum absolute atomic E-state index is 0.0486. The van der Waals surface area contributed by atoms with Gasteiger partial charge in [-0.3, -0.25) is 0 Å². The van der Waals surface area contributed by atoms with Crippen molar-refractivity contribution in [3.63, 3.8) is 0 Å². The fraction of sp³-hybridized carbons (Fsp3) is 0.316. The Morgan fingerprint density at radius 2 is 2.08 bits per heavy atom. The fourth-order valence-corrected chi connectivity index (χ4v) is 3.18. The SMILES string of the molecule is COc1ccccc1[C@H](C)NCc1nc2ccc(Cl)cc2n1CCO. The van der Waals surface area contributed by atoms with Gasteiger partial charge < -0.3 is 19.7 Å². The normalized spacial score (nSPS) is 12.5. The third-order valence-corrected chi connectivity index (χ3v) is 4.52. The molecule has 0 fully saturated rings. The predicted octanol–water partition coefficient (Wildman–Crippen LogP) is 3.54. The van der Waals surface area contributed by atoms with Crippen LogP contribution in [0.1, 0.15) is 24.4 Å². The van der Waals surface area contributed by atoms with Crippen molar-refractivity contribution in [2.45, 2.75) is 26.1 Å². The number of methoxy groups -OCH3 is 1. The van der Waals surface area contributed by atoms with Crippen LogP contribution >= 0.6 is 11.6 Å². The van der Waals surface area contributed by atoms with E-state index in [2.05, 4.69) is 17.2 Å². The van der Waals surface area contributed by atoms with Gasteiger partial charge in [-0.1, -0.05) is 29.8 Å². The molecule has 0 amide bonds. The Morgan fingerprint density at radius 1 is 1.28 bits per heavy atom. The highest BCUT2D eigenvalue weighted by atomic mass is 35.5. The van der Waals surface area contributed by atoms with Gasteiger partial charge >= 0.3 is 0 Å². The van der Waals surface area contributed by atoms with Crippen molar-refractivity contribution in [3.05, 3.63) is 58.9 Å². The van der Waals surface area contributed by atoms with E-state index in [9.17, 15) is 5.11 Å². The number of hydrogen-bond donors (Lipinski definition) is 2. The number of aromatic nitrogens is 2. The summed E-state index contributed by atoms with van der Waals surface area (Å²) in [6.45, 7) is 3.20. The Balaban J connectivity index is 1.84. The van der Waals surface area contributed by atoms with Crippen LogP contribution in [0.4, 0.5) is 0 Å². The second kappa shape index (κ2) is 7.87. The summed E-state index contributed by atoms with van der Waals surface area (Å²) in [7, 11) is 1.68. The zero-order chi connectivity index (χ0) is 17.8. The van der Waals surface area contributed by atoms with E-state index < -0.39 is 0 Å². The van der Waals surface area contributed by atoms with Crippen molar-refractivity contribution in [1.29, 1.82) is 0 Å². The molecule has 1 aromatic heterocycles. The van der Waals surface area contributed by atoms with Crippen molar-refractivity contribution in [1.82, 2.24) is 14.9 Å². The molecule has 0 bridgehead atoms. The number of ether oxygens (including phenoxy) is 1. The molecular formula is C19H22ClN3O2. The summed E-state index contributed by atoms with van der Waals surface area (Å²) in [5, 5.41) is 13.5. The number of aliphatic hydroxyl groups is 1. The van der Waals surface area contributed by atoms with Crippen LogP contribution in [0.25, 0.3) is 11.0 Å².